The molecule has 2 aromatic carbocycles. The molecule has 1 aliphatic rings. The lowest BCUT2D eigenvalue weighted by Crippen LogP contribution is -2.28. The van der Waals surface area contributed by atoms with Crippen LogP contribution in [0.25, 0.3) is 0 Å². The zero-order valence-corrected chi connectivity index (χ0v) is 17.8. The number of carbonyl (C=O) groups excluding carboxylic acids is 3. The number of esters is 1. The number of hydrogen-bond acceptors (Lipinski definition) is 4. The van der Waals surface area contributed by atoms with E-state index in [1.54, 1.807) is 12.1 Å². The quantitative estimate of drug-likeness (QED) is 0.635. The Bertz CT molecular complexity index is 1020. The van der Waals surface area contributed by atoms with Crippen molar-refractivity contribution in [1.29, 1.82) is 0 Å². The highest BCUT2D eigenvalue weighted by atomic mass is 35.5. The van der Waals surface area contributed by atoms with Gasteiger partial charge in [-0.25, -0.2) is 0 Å². The summed E-state index contributed by atoms with van der Waals surface area (Å²) in [5, 5.41) is 1.93. The third-order valence-electron chi connectivity index (χ3n) is 5.02. The van der Waals surface area contributed by atoms with Crippen molar-refractivity contribution in [3.63, 3.8) is 0 Å². The number of benzene rings is 2. The summed E-state index contributed by atoms with van der Waals surface area (Å²) in [7, 11) is 0. The molecule has 0 aromatic heterocycles. The van der Waals surface area contributed by atoms with E-state index in [4.69, 9.17) is 16.3 Å². The Balaban J connectivity index is 1.57. The second kappa shape index (κ2) is 9.60. The molecule has 1 fully saturated rings. The van der Waals surface area contributed by atoms with Crippen LogP contribution in [-0.4, -0.2) is 30.9 Å². The highest BCUT2D eigenvalue weighted by molar-refractivity contribution is 6.30. The fraction of sp³-hybridized carbons (Fsp3) is 0.318. The SMILES string of the molecule is CCc1ccc(N2CC(C(=O)OCC(=O)Nc3ccc(Cl)cc3C(F)(F)F)CC2=O)cc1. The normalized spacial score (nSPS) is 16.2. The number of rotatable bonds is 6. The van der Waals surface area contributed by atoms with Crippen molar-refractivity contribution in [2.24, 2.45) is 5.92 Å². The number of ether oxygens (including phenoxy) is 1. The van der Waals surface area contributed by atoms with Crippen LogP contribution in [0.15, 0.2) is 42.5 Å². The van der Waals surface area contributed by atoms with Crippen molar-refractivity contribution in [3.05, 3.63) is 58.6 Å². The average Bonchev–Trinajstić information content (AvgIpc) is 3.14. The minimum absolute atomic E-state index is 0.0780. The molecule has 1 aliphatic heterocycles. The van der Waals surface area contributed by atoms with Crippen molar-refractivity contribution in [2.45, 2.75) is 25.9 Å². The van der Waals surface area contributed by atoms with E-state index < -0.39 is 41.8 Å². The zero-order valence-electron chi connectivity index (χ0n) is 17.0. The summed E-state index contributed by atoms with van der Waals surface area (Å²) in [5.74, 6) is -2.74. The van der Waals surface area contributed by atoms with Gasteiger partial charge in [-0.05, 0) is 42.3 Å². The van der Waals surface area contributed by atoms with Gasteiger partial charge >= 0.3 is 12.1 Å². The van der Waals surface area contributed by atoms with Crippen LogP contribution in [0.4, 0.5) is 24.5 Å². The summed E-state index contributed by atoms with van der Waals surface area (Å²) in [5.41, 5.74) is 0.149. The number of nitrogens with zero attached hydrogens (tertiary/aromatic N) is 1. The molecule has 0 bridgehead atoms. The standard InChI is InChI=1S/C22H20ClF3N2O4/c1-2-13-3-6-16(7-4-13)28-11-14(9-20(28)30)21(31)32-12-19(29)27-18-8-5-15(23)10-17(18)22(24,25)26/h3-8,10,14H,2,9,11-12H2,1H3,(H,27,29). The molecule has 2 aromatic rings. The topological polar surface area (TPSA) is 75.7 Å². The minimum Gasteiger partial charge on any atom is -0.455 e. The molecule has 0 aliphatic carbocycles. The summed E-state index contributed by atoms with van der Waals surface area (Å²) in [6.45, 7) is 1.32. The molecule has 2 amide bonds. The van der Waals surface area contributed by atoms with E-state index >= 15 is 0 Å². The van der Waals surface area contributed by atoms with Crippen LogP contribution in [0.2, 0.25) is 5.02 Å². The van der Waals surface area contributed by atoms with Gasteiger partial charge in [0.2, 0.25) is 5.91 Å². The first kappa shape index (κ1) is 23.6. The second-order valence-electron chi connectivity index (χ2n) is 7.27. The molecule has 10 heteroatoms. The van der Waals surface area contributed by atoms with Gasteiger partial charge in [-0.2, -0.15) is 13.2 Å². The number of anilines is 2. The van der Waals surface area contributed by atoms with Gasteiger partial charge in [0, 0.05) is 23.7 Å². The van der Waals surface area contributed by atoms with Crippen LogP contribution in [0, 0.1) is 5.92 Å². The summed E-state index contributed by atoms with van der Waals surface area (Å²) < 4.78 is 44.3. The smallest absolute Gasteiger partial charge is 0.418 e. The predicted molar refractivity (Wildman–Crippen MR) is 112 cm³/mol. The van der Waals surface area contributed by atoms with Gasteiger partial charge in [-0.1, -0.05) is 30.7 Å². The van der Waals surface area contributed by atoms with Gasteiger partial charge in [0.25, 0.3) is 5.91 Å². The Morgan fingerprint density at radius 3 is 2.50 bits per heavy atom. The lowest BCUT2D eigenvalue weighted by Gasteiger charge is -2.17. The monoisotopic (exact) mass is 468 g/mol. The van der Waals surface area contributed by atoms with Gasteiger partial charge in [0.05, 0.1) is 17.2 Å². The minimum atomic E-state index is -4.73. The first-order chi connectivity index (χ1) is 15.1. The maximum Gasteiger partial charge on any atom is 0.418 e. The molecule has 1 heterocycles. The van der Waals surface area contributed by atoms with E-state index in [1.807, 2.05) is 19.1 Å². The summed E-state index contributed by atoms with van der Waals surface area (Å²) in [6, 6.07) is 10.3. The Hall–Kier alpha value is -3.07. The van der Waals surface area contributed by atoms with Crippen LogP contribution >= 0.6 is 11.6 Å². The third kappa shape index (κ3) is 5.59. The molecular formula is C22H20ClF3N2O4. The van der Waals surface area contributed by atoms with Crippen molar-refractivity contribution in [3.8, 4) is 0 Å². The largest absolute Gasteiger partial charge is 0.455 e. The maximum atomic E-state index is 13.1. The highest BCUT2D eigenvalue weighted by Crippen LogP contribution is 2.36. The van der Waals surface area contributed by atoms with Gasteiger partial charge in [-0.15, -0.1) is 0 Å². The van der Waals surface area contributed by atoms with Gasteiger partial charge in [0.1, 0.15) is 0 Å². The van der Waals surface area contributed by atoms with Crippen molar-refractivity contribution in [1.82, 2.24) is 0 Å². The number of hydrogen-bond donors (Lipinski definition) is 1. The Morgan fingerprint density at radius 2 is 1.88 bits per heavy atom. The number of alkyl halides is 3. The maximum absolute atomic E-state index is 13.1. The molecule has 0 radical (unpaired) electrons. The zero-order chi connectivity index (χ0) is 23.5. The first-order valence-corrected chi connectivity index (χ1v) is 10.2. The lowest BCUT2D eigenvalue weighted by molar-refractivity contribution is -0.151. The average molecular weight is 469 g/mol. The molecule has 0 saturated carbocycles. The molecule has 1 atom stereocenters. The molecule has 32 heavy (non-hydrogen) atoms. The van der Waals surface area contributed by atoms with Crippen LogP contribution in [0.3, 0.4) is 0 Å². The lowest BCUT2D eigenvalue weighted by atomic mass is 10.1. The van der Waals surface area contributed by atoms with E-state index in [0.717, 1.165) is 18.1 Å². The molecule has 1 saturated heterocycles. The molecule has 0 spiro atoms. The Morgan fingerprint density at radius 1 is 1.19 bits per heavy atom. The molecule has 3 rings (SSSR count). The number of halogens is 4. The van der Waals surface area contributed by atoms with Crippen molar-refractivity contribution < 1.29 is 32.3 Å². The summed E-state index contributed by atoms with van der Waals surface area (Å²) in [4.78, 5) is 38.1. The third-order valence-corrected chi connectivity index (χ3v) is 5.26. The van der Waals surface area contributed by atoms with E-state index in [-0.39, 0.29) is 23.9 Å². The van der Waals surface area contributed by atoms with Crippen molar-refractivity contribution >= 4 is 40.8 Å². The van der Waals surface area contributed by atoms with E-state index in [0.29, 0.717) is 11.8 Å². The predicted octanol–water partition coefficient (Wildman–Crippen LogP) is 4.46. The van der Waals surface area contributed by atoms with Gasteiger partial charge < -0.3 is 15.0 Å². The van der Waals surface area contributed by atoms with Crippen LogP contribution in [0.5, 0.6) is 0 Å². The van der Waals surface area contributed by atoms with Crippen LogP contribution < -0.4 is 10.2 Å². The number of amides is 2. The van der Waals surface area contributed by atoms with Crippen LogP contribution in [-0.2, 0) is 31.7 Å². The Labute approximate surface area is 187 Å². The highest BCUT2D eigenvalue weighted by Gasteiger charge is 2.37. The summed E-state index contributed by atoms with van der Waals surface area (Å²) >= 11 is 5.60. The first-order valence-electron chi connectivity index (χ1n) is 9.81. The van der Waals surface area contributed by atoms with Crippen LogP contribution in [0.1, 0.15) is 24.5 Å². The number of nitrogens with one attached hydrogen (secondary N) is 1. The fourth-order valence-electron chi connectivity index (χ4n) is 3.33. The van der Waals surface area contributed by atoms with E-state index in [1.165, 1.54) is 11.0 Å². The molecule has 1 unspecified atom stereocenters. The van der Waals surface area contributed by atoms with Gasteiger partial charge in [-0.3, -0.25) is 14.4 Å². The molecule has 6 nitrogen and oxygen atoms in total. The Kier molecular flexibility index (Phi) is 7.08. The number of aryl methyl sites for hydroxylation is 1. The molecular weight excluding hydrogens is 449 g/mol. The van der Waals surface area contributed by atoms with E-state index in [2.05, 4.69) is 5.32 Å². The van der Waals surface area contributed by atoms with E-state index in [9.17, 15) is 27.6 Å². The molecule has 170 valence electrons. The fourth-order valence-corrected chi connectivity index (χ4v) is 3.50. The van der Waals surface area contributed by atoms with Crippen molar-refractivity contribution in [2.75, 3.05) is 23.4 Å². The second-order valence-corrected chi connectivity index (χ2v) is 7.71. The molecule has 1 N–H and O–H groups in total. The summed E-state index contributed by atoms with van der Waals surface area (Å²) in [6.07, 6.45) is -3.95. The number of carbonyl (C=O) groups is 3. The van der Waals surface area contributed by atoms with Gasteiger partial charge in [0.15, 0.2) is 6.61 Å².